The van der Waals surface area contributed by atoms with E-state index in [2.05, 4.69) is 34.5 Å². The summed E-state index contributed by atoms with van der Waals surface area (Å²) in [7, 11) is 0. The van der Waals surface area contributed by atoms with Gasteiger partial charge in [-0.1, -0.05) is 12.1 Å². The summed E-state index contributed by atoms with van der Waals surface area (Å²) in [6.45, 7) is 2.34. The van der Waals surface area contributed by atoms with Crippen molar-refractivity contribution in [1.82, 2.24) is 5.32 Å². The Kier molecular flexibility index (Phi) is 3.22. The summed E-state index contributed by atoms with van der Waals surface area (Å²) in [5.41, 5.74) is 2.40. The summed E-state index contributed by atoms with van der Waals surface area (Å²) in [5.74, 6) is 0.159. The highest BCUT2D eigenvalue weighted by atomic mass is 16.1. The molecule has 1 saturated carbocycles. The Bertz CT molecular complexity index is 417. The van der Waals surface area contributed by atoms with Crippen LogP contribution in [0.1, 0.15) is 31.2 Å². The third-order valence-corrected chi connectivity index (χ3v) is 3.71. The van der Waals surface area contributed by atoms with Crippen LogP contribution < -0.4 is 10.2 Å². The van der Waals surface area contributed by atoms with Crippen LogP contribution in [0.25, 0.3) is 0 Å². The van der Waals surface area contributed by atoms with Gasteiger partial charge < -0.3 is 10.2 Å². The van der Waals surface area contributed by atoms with E-state index in [1.807, 2.05) is 0 Å². The second kappa shape index (κ2) is 5.01. The normalized spacial score (nSPS) is 19.0. The predicted molar refractivity (Wildman–Crippen MR) is 72.8 cm³/mol. The van der Waals surface area contributed by atoms with E-state index in [-0.39, 0.29) is 5.91 Å². The van der Waals surface area contributed by atoms with Crippen LogP contribution in [0.5, 0.6) is 0 Å². The highest BCUT2D eigenvalue weighted by Gasteiger charge is 2.23. The van der Waals surface area contributed by atoms with Gasteiger partial charge in [0.05, 0.1) is 6.42 Å². The van der Waals surface area contributed by atoms with E-state index >= 15 is 0 Å². The van der Waals surface area contributed by atoms with Gasteiger partial charge in [-0.2, -0.15) is 0 Å². The Morgan fingerprint density at radius 3 is 2.44 bits per heavy atom. The van der Waals surface area contributed by atoms with E-state index in [0.29, 0.717) is 12.5 Å². The zero-order chi connectivity index (χ0) is 12.4. The maximum absolute atomic E-state index is 11.7. The molecule has 1 amide bonds. The average molecular weight is 244 g/mol. The third-order valence-electron chi connectivity index (χ3n) is 3.71. The second-order valence-electron chi connectivity index (χ2n) is 5.38. The summed E-state index contributed by atoms with van der Waals surface area (Å²) >= 11 is 0. The Labute approximate surface area is 108 Å². The fourth-order valence-electron chi connectivity index (χ4n) is 2.49. The summed E-state index contributed by atoms with van der Waals surface area (Å²) in [4.78, 5) is 14.1. The number of hydrogen-bond donors (Lipinski definition) is 1. The molecule has 3 rings (SSSR count). The molecule has 0 unspecified atom stereocenters. The van der Waals surface area contributed by atoms with Crippen LogP contribution >= 0.6 is 0 Å². The van der Waals surface area contributed by atoms with Gasteiger partial charge in [0.15, 0.2) is 0 Å². The molecule has 18 heavy (non-hydrogen) atoms. The van der Waals surface area contributed by atoms with Crippen molar-refractivity contribution in [1.29, 1.82) is 0 Å². The molecule has 0 aromatic heterocycles. The van der Waals surface area contributed by atoms with Gasteiger partial charge in [0.1, 0.15) is 0 Å². The van der Waals surface area contributed by atoms with E-state index < -0.39 is 0 Å². The molecule has 1 aliphatic heterocycles. The van der Waals surface area contributed by atoms with Crippen LogP contribution in [-0.2, 0) is 11.2 Å². The van der Waals surface area contributed by atoms with Crippen molar-refractivity contribution in [3.63, 3.8) is 0 Å². The van der Waals surface area contributed by atoms with Crippen LogP contribution in [0.15, 0.2) is 24.3 Å². The number of carbonyl (C=O) groups excluding carboxylic acids is 1. The summed E-state index contributed by atoms with van der Waals surface area (Å²) < 4.78 is 0. The zero-order valence-corrected chi connectivity index (χ0v) is 10.7. The van der Waals surface area contributed by atoms with Gasteiger partial charge in [0.25, 0.3) is 0 Å². The first-order valence-electron chi connectivity index (χ1n) is 6.94. The molecule has 0 atom stereocenters. The van der Waals surface area contributed by atoms with E-state index in [1.165, 1.54) is 31.6 Å². The lowest BCUT2D eigenvalue weighted by molar-refractivity contribution is -0.120. The van der Waals surface area contributed by atoms with E-state index in [9.17, 15) is 4.79 Å². The van der Waals surface area contributed by atoms with E-state index in [4.69, 9.17) is 0 Å². The molecule has 0 spiro atoms. The zero-order valence-electron chi connectivity index (χ0n) is 10.7. The lowest BCUT2D eigenvalue weighted by atomic mass is 10.1. The summed E-state index contributed by atoms with van der Waals surface area (Å²) in [6.07, 6.45) is 5.41. The number of rotatable bonds is 4. The van der Waals surface area contributed by atoms with Gasteiger partial charge in [-0.25, -0.2) is 0 Å². The van der Waals surface area contributed by atoms with Gasteiger partial charge >= 0.3 is 0 Å². The van der Waals surface area contributed by atoms with Crippen molar-refractivity contribution in [3.05, 3.63) is 29.8 Å². The molecule has 1 aromatic rings. The Balaban J connectivity index is 1.57. The standard InChI is InChI=1S/C15H20N2O/c18-15(16-13-5-6-13)11-12-3-7-14(8-4-12)17-9-1-2-10-17/h3-4,7-8,13H,1-2,5-6,9-11H2,(H,16,18). The van der Waals surface area contributed by atoms with Gasteiger partial charge in [-0.3, -0.25) is 4.79 Å². The van der Waals surface area contributed by atoms with E-state index in [1.54, 1.807) is 0 Å². The third kappa shape index (κ3) is 2.84. The SMILES string of the molecule is O=C(Cc1ccc(N2CCCC2)cc1)NC1CC1. The van der Waals surface area contributed by atoms with Crippen molar-refractivity contribution in [2.24, 2.45) is 0 Å². The summed E-state index contributed by atoms with van der Waals surface area (Å²) in [6, 6.07) is 8.91. The molecule has 1 saturated heterocycles. The minimum Gasteiger partial charge on any atom is -0.372 e. The smallest absolute Gasteiger partial charge is 0.224 e. The first-order valence-corrected chi connectivity index (χ1v) is 6.94. The Morgan fingerprint density at radius 1 is 1.17 bits per heavy atom. The van der Waals surface area contributed by atoms with Crippen LogP contribution in [0.3, 0.4) is 0 Å². The van der Waals surface area contributed by atoms with Crippen molar-refractivity contribution < 1.29 is 4.79 Å². The number of benzene rings is 1. The minimum absolute atomic E-state index is 0.159. The quantitative estimate of drug-likeness (QED) is 0.879. The lowest BCUT2D eigenvalue weighted by Crippen LogP contribution is -2.27. The number of amides is 1. The monoisotopic (exact) mass is 244 g/mol. The maximum Gasteiger partial charge on any atom is 0.224 e. The first-order chi connectivity index (χ1) is 8.81. The average Bonchev–Trinajstić information content (AvgIpc) is 3.01. The fourth-order valence-corrected chi connectivity index (χ4v) is 2.49. The van der Waals surface area contributed by atoms with Gasteiger partial charge in [-0.15, -0.1) is 0 Å². The van der Waals surface area contributed by atoms with Crippen LogP contribution in [0.4, 0.5) is 5.69 Å². The number of nitrogens with zero attached hydrogens (tertiary/aromatic N) is 1. The first kappa shape index (κ1) is 11.6. The van der Waals surface area contributed by atoms with Crippen molar-refractivity contribution in [2.45, 2.75) is 38.1 Å². The van der Waals surface area contributed by atoms with Crippen molar-refractivity contribution in [2.75, 3.05) is 18.0 Å². The molecule has 2 aliphatic rings. The minimum atomic E-state index is 0.159. The highest BCUT2D eigenvalue weighted by molar-refractivity contribution is 5.79. The molecule has 1 heterocycles. The number of carbonyl (C=O) groups is 1. The molecule has 1 N–H and O–H groups in total. The molecule has 0 bridgehead atoms. The lowest BCUT2D eigenvalue weighted by Gasteiger charge is -2.17. The highest BCUT2D eigenvalue weighted by Crippen LogP contribution is 2.21. The Hall–Kier alpha value is -1.51. The van der Waals surface area contributed by atoms with Gasteiger partial charge in [0.2, 0.25) is 5.91 Å². The van der Waals surface area contributed by atoms with E-state index in [0.717, 1.165) is 18.4 Å². The second-order valence-corrected chi connectivity index (χ2v) is 5.38. The van der Waals surface area contributed by atoms with Gasteiger partial charge in [-0.05, 0) is 43.4 Å². The molecule has 3 nitrogen and oxygen atoms in total. The number of hydrogen-bond acceptors (Lipinski definition) is 2. The molecule has 0 radical (unpaired) electrons. The maximum atomic E-state index is 11.7. The molecule has 96 valence electrons. The predicted octanol–water partition coefficient (Wildman–Crippen LogP) is 2.11. The molecule has 1 aromatic carbocycles. The fraction of sp³-hybridized carbons (Fsp3) is 0.533. The molecule has 3 heteroatoms. The molecular formula is C15H20N2O. The molecule has 2 fully saturated rings. The number of anilines is 1. The van der Waals surface area contributed by atoms with Crippen LogP contribution in [-0.4, -0.2) is 25.0 Å². The Morgan fingerprint density at radius 2 is 1.83 bits per heavy atom. The van der Waals surface area contributed by atoms with Crippen LogP contribution in [0, 0.1) is 0 Å². The number of nitrogens with one attached hydrogen (secondary N) is 1. The molecule has 1 aliphatic carbocycles. The molecular weight excluding hydrogens is 224 g/mol. The summed E-state index contributed by atoms with van der Waals surface area (Å²) in [5, 5.41) is 3.02. The topological polar surface area (TPSA) is 32.3 Å². The van der Waals surface area contributed by atoms with Crippen LogP contribution in [0.2, 0.25) is 0 Å². The largest absolute Gasteiger partial charge is 0.372 e. The van der Waals surface area contributed by atoms with Gasteiger partial charge in [0, 0.05) is 24.8 Å². The van der Waals surface area contributed by atoms with Crippen molar-refractivity contribution >= 4 is 11.6 Å². The van der Waals surface area contributed by atoms with Crippen molar-refractivity contribution in [3.8, 4) is 0 Å².